The number of pyridine rings is 1. The summed E-state index contributed by atoms with van der Waals surface area (Å²) in [6.07, 6.45) is 3.59. The zero-order valence-electron chi connectivity index (χ0n) is 10.5. The van der Waals surface area contributed by atoms with Gasteiger partial charge in [-0.15, -0.1) is 0 Å². The number of rotatable bonds is 5. The van der Waals surface area contributed by atoms with Gasteiger partial charge < -0.3 is 0 Å². The first-order valence-electron chi connectivity index (χ1n) is 6.10. The summed E-state index contributed by atoms with van der Waals surface area (Å²) in [5, 5.41) is 0. The van der Waals surface area contributed by atoms with Crippen LogP contribution in [0.15, 0.2) is 53.6 Å². The molecule has 2 rings (SSSR count). The van der Waals surface area contributed by atoms with Crippen molar-refractivity contribution in [3.8, 4) is 0 Å². The molecule has 0 N–H and O–H groups in total. The lowest BCUT2D eigenvalue weighted by atomic mass is 10.2. The first-order valence-corrected chi connectivity index (χ1v) is 7.42. The molecular formula is C15H17NOS. The van der Waals surface area contributed by atoms with Gasteiger partial charge >= 0.3 is 0 Å². The van der Waals surface area contributed by atoms with Crippen LogP contribution in [0, 0.1) is 6.92 Å². The van der Waals surface area contributed by atoms with Crippen LogP contribution in [-0.4, -0.2) is 14.9 Å². The van der Waals surface area contributed by atoms with Crippen LogP contribution in [0.25, 0.3) is 0 Å². The van der Waals surface area contributed by atoms with E-state index in [-0.39, 0.29) is 0 Å². The maximum atomic E-state index is 12.0. The highest BCUT2D eigenvalue weighted by atomic mass is 32.2. The Bertz CT molecular complexity index is 508. The summed E-state index contributed by atoms with van der Waals surface area (Å²) in [7, 11) is -0.893. The third-order valence-electron chi connectivity index (χ3n) is 2.77. The van der Waals surface area contributed by atoms with E-state index in [0.29, 0.717) is 5.75 Å². The molecule has 3 heteroatoms. The Morgan fingerprint density at radius 3 is 2.56 bits per heavy atom. The predicted octanol–water partition coefficient (Wildman–Crippen LogP) is 3.13. The van der Waals surface area contributed by atoms with Crippen LogP contribution in [0.4, 0.5) is 0 Å². The molecule has 0 saturated heterocycles. The SMILES string of the molecule is Cc1ccc(S(=O)CCCc2ccccn2)cc1. The molecule has 2 nitrogen and oxygen atoms in total. The van der Waals surface area contributed by atoms with E-state index in [9.17, 15) is 4.21 Å². The molecule has 1 atom stereocenters. The molecule has 1 aromatic carbocycles. The summed E-state index contributed by atoms with van der Waals surface area (Å²) < 4.78 is 12.0. The Balaban J connectivity index is 1.84. The van der Waals surface area contributed by atoms with Crippen molar-refractivity contribution in [2.75, 3.05) is 5.75 Å². The van der Waals surface area contributed by atoms with Gasteiger partial charge in [0, 0.05) is 22.5 Å². The number of benzene rings is 1. The van der Waals surface area contributed by atoms with Crippen LogP contribution in [0.5, 0.6) is 0 Å². The van der Waals surface area contributed by atoms with Gasteiger partial charge in [0.1, 0.15) is 0 Å². The van der Waals surface area contributed by atoms with E-state index < -0.39 is 10.8 Å². The molecule has 0 aliphatic carbocycles. The minimum absolute atomic E-state index is 0.694. The predicted molar refractivity (Wildman–Crippen MR) is 75.0 cm³/mol. The molecule has 1 heterocycles. The molecule has 94 valence electrons. The topological polar surface area (TPSA) is 30.0 Å². The molecule has 1 aromatic heterocycles. The van der Waals surface area contributed by atoms with Crippen molar-refractivity contribution in [3.63, 3.8) is 0 Å². The summed E-state index contributed by atoms with van der Waals surface area (Å²) in [4.78, 5) is 5.18. The quantitative estimate of drug-likeness (QED) is 0.825. The van der Waals surface area contributed by atoms with E-state index >= 15 is 0 Å². The van der Waals surface area contributed by atoms with Crippen LogP contribution in [0.2, 0.25) is 0 Å². The fourth-order valence-electron chi connectivity index (χ4n) is 1.74. The van der Waals surface area contributed by atoms with Crippen molar-refractivity contribution < 1.29 is 4.21 Å². The average Bonchev–Trinajstić information content (AvgIpc) is 2.40. The minimum Gasteiger partial charge on any atom is -0.261 e. The van der Waals surface area contributed by atoms with Gasteiger partial charge in [0.2, 0.25) is 0 Å². The van der Waals surface area contributed by atoms with E-state index in [0.717, 1.165) is 23.4 Å². The second-order valence-corrected chi connectivity index (χ2v) is 5.86. The first kappa shape index (κ1) is 13.0. The van der Waals surface area contributed by atoms with Crippen LogP contribution in [-0.2, 0) is 17.2 Å². The third kappa shape index (κ3) is 3.77. The molecule has 0 aliphatic rings. The van der Waals surface area contributed by atoms with Gasteiger partial charge in [-0.25, -0.2) is 0 Å². The Morgan fingerprint density at radius 1 is 1.11 bits per heavy atom. The first-order chi connectivity index (χ1) is 8.75. The number of nitrogens with zero attached hydrogens (tertiary/aromatic N) is 1. The minimum atomic E-state index is -0.893. The van der Waals surface area contributed by atoms with Crippen LogP contribution < -0.4 is 0 Å². The van der Waals surface area contributed by atoms with Crippen molar-refractivity contribution in [1.82, 2.24) is 4.98 Å². The average molecular weight is 259 g/mol. The highest BCUT2D eigenvalue weighted by Crippen LogP contribution is 2.10. The highest BCUT2D eigenvalue weighted by molar-refractivity contribution is 7.85. The maximum absolute atomic E-state index is 12.0. The summed E-state index contributed by atoms with van der Waals surface area (Å²) >= 11 is 0. The monoisotopic (exact) mass is 259 g/mol. The van der Waals surface area contributed by atoms with Gasteiger partial charge in [-0.2, -0.15) is 0 Å². The Labute approximate surface area is 111 Å². The van der Waals surface area contributed by atoms with Crippen LogP contribution >= 0.6 is 0 Å². The van der Waals surface area contributed by atoms with Gasteiger partial charge in [0.25, 0.3) is 0 Å². The lowest BCUT2D eigenvalue weighted by Gasteiger charge is -2.03. The molecule has 0 aliphatic heterocycles. The Kier molecular flexibility index (Phi) is 4.65. The van der Waals surface area contributed by atoms with Crippen LogP contribution in [0.3, 0.4) is 0 Å². The molecule has 0 amide bonds. The highest BCUT2D eigenvalue weighted by Gasteiger charge is 2.03. The fraction of sp³-hybridized carbons (Fsp3) is 0.267. The van der Waals surface area contributed by atoms with Gasteiger partial charge in [0.15, 0.2) is 0 Å². The number of aryl methyl sites for hydroxylation is 2. The van der Waals surface area contributed by atoms with Gasteiger partial charge in [0.05, 0.1) is 10.8 Å². The van der Waals surface area contributed by atoms with Crippen molar-refractivity contribution in [2.45, 2.75) is 24.7 Å². The molecule has 2 aromatic rings. The molecule has 1 unspecified atom stereocenters. The van der Waals surface area contributed by atoms with E-state index in [4.69, 9.17) is 0 Å². The standard InChI is InChI=1S/C15H17NOS/c1-13-7-9-15(10-8-13)18(17)12-4-6-14-5-2-3-11-16-14/h2-3,5,7-11H,4,6,12H2,1H3. The lowest BCUT2D eigenvalue weighted by molar-refractivity contribution is 0.680. The largest absolute Gasteiger partial charge is 0.261 e. The summed E-state index contributed by atoms with van der Waals surface area (Å²) in [5.74, 6) is 0.694. The van der Waals surface area contributed by atoms with Crippen LogP contribution in [0.1, 0.15) is 17.7 Å². The molecule has 0 saturated carbocycles. The summed E-state index contributed by atoms with van der Waals surface area (Å²) in [6, 6.07) is 13.8. The Hall–Kier alpha value is -1.48. The van der Waals surface area contributed by atoms with Crippen molar-refractivity contribution in [3.05, 3.63) is 59.9 Å². The van der Waals surface area contributed by atoms with Gasteiger partial charge in [-0.3, -0.25) is 9.19 Å². The number of hydrogen-bond donors (Lipinski definition) is 0. The normalized spacial score (nSPS) is 12.3. The van der Waals surface area contributed by atoms with Gasteiger partial charge in [-0.1, -0.05) is 23.8 Å². The number of aromatic nitrogens is 1. The number of hydrogen-bond acceptors (Lipinski definition) is 2. The van der Waals surface area contributed by atoms with Gasteiger partial charge in [-0.05, 0) is 44.0 Å². The Morgan fingerprint density at radius 2 is 1.89 bits per heavy atom. The zero-order chi connectivity index (χ0) is 12.8. The summed E-state index contributed by atoms with van der Waals surface area (Å²) in [5.41, 5.74) is 2.27. The van der Waals surface area contributed by atoms with Crippen molar-refractivity contribution in [2.24, 2.45) is 0 Å². The molecule has 0 spiro atoms. The maximum Gasteiger partial charge on any atom is 0.0529 e. The van der Waals surface area contributed by atoms with E-state index in [1.54, 1.807) is 6.20 Å². The fourth-order valence-corrected chi connectivity index (χ4v) is 2.82. The lowest BCUT2D eigenvalue weighted by Crippen LogP contribution is -2.00. The third-order valence-corrected chi connectivity index (χ3v) is 4.23. The van der Waals surface area contributed by atoms with E-state index in [1.807, 2.05) is 49.4 Å². The van der Waals surface area contributed by atoms with E-state index in [1.165, 1.54) is 5.56 Å². The molecular weight excluding hydrogens is 242 g/mol. The second-order valence-electron chi connectivity index (χ2n) is 4.29. The molecule has 0 radical (unpaired) electrons. The zero-order valence-corrected chi connectivity index (χ0v) is 11.3. The molecule has 18 heavy (non-hydrogen) atoms. The van der Waals surface area contributed by atoms with Crippen molar-refractivity contribution in [1.29, 1.82) is 0 Å². The smallest absolute Gasteiger partial charge is 0.0529 e. The van der Waals surface area contributed by atoms with E-state index in [2.05, 4.69) is 4.98 Å². The second kappa shape index (κ2) is 6.45. The molecule has 0 fully saturated rings. The van der Waals surface area contributed by atoms with Crippen molar-refractivity contribution >= 4 is 10.8 Å². The summed E-state index contributed by atoms with van der Waals surface area (Å²) in [6.45, 7) is 2.04. The molecule has 0 bridgehead atoms.